The predicted molar refractivity (Wildman–Crippen MR) is 134 cm³/mol. The van der Waals surface area contributed by atoms with Crippen LogP contribution < -0.4 is 16.0 Å². The molecule has 1 aliphatic carbocycles. The number of carbonyl (C=O) groups is 1. The summed E-state index contributed by atoms with van der Waals surface area (Å²) in [5.41, 5.74) is 3.78. The number of aryl methyl sites for hydroxylation is 1. The Kier molecular flexibility index (Phi) is 6.69. The number of nitrogens with one attached hydrogen (secondary N) is 3. The van der Waals surface area contributed by atoms with Crippen LogP contribution in [0.15, 0.2) is 18.2 Å². The summed E-state index contributed by atoms with van der Waals surface area (Å²) in [6, 6.07) is 6.95. The van der Waals surface area contributed by atoms with Crippen LogP contribution in [0.2, 0.25) is 0 Å². The van der Waals surface area contributed by atoms with Crippen LogP contribution >= 0.6 is 0 Å². The van der Waals surface area contributed by atoms with E-state index in [4.69, 9.17) is 0 Å². The van der Waals surface area contributed by atoms with E-state index in [0.29, 0.717) is 6.04 Å². The quantitative estimate of drug-likeness (QED) is 0.598. The fourth-order valence-corrected chi connectivity index (χ4v) is 7.15. The monoisotopic (exact) mass is 453 g/mol. The van der Waals surface area contributed by atoms with Gasteiger partial charge in [0.25, 0.3) is 0 Å². The highest BCUT2D eigenvalue weighted by Crippen LogP contribution is 2.43. The Morgan fingerprint density at radius 2 is 1.94 bits per heavy atom. The normalized spacial score (nSPS) is 32.8. The van der Waals surface area contributed by atoms with Crippen LogP contribution in [0.1, 0.15) is 62.5 Å². The zero-order valence-electron chi connectivity index (χ0n) is 20.8. The van der Waals surface area contributed by atoms with Gasteiger partial charge < -0.3 is 15.5 Å². The summed E-state index contributed by atoms with van der Waals surface area (Å²) < 4.78 is 0. The molecular formula is C27H43N5O. The summed E-state index contributed by atoms with van der Waals surface area (Å²) in [6.07, 6.45) is 11.2. The van der Waals surface area contributed by atoms with Gasteiger partial charge in [0.05, 0.1) is 5.66 Å². The zero-order chi connectivity index (χ0) is 23.0. The molecule has 1 aromatic carbocycles. The second-order valence-electron chi connectivity index (χ2n) is 11.4. The van der Waals surface area contributed by atoms with Crippen molar-refractivity contribution >= 4 is 11.6 Å². The van der Waals surface area contributed by atoms with Crippen molar-refractivity contribution in [3.63, 3.8) is 0 Å². The molecule has 1 saturated carbocycles. The van der Waals surface area contributed by atoms with Gasteiger partial charge in [-0.2, -0.15) is 0 Å². The van der Waals surface area contributed by atoms with Crippen LogP contribution in [-0.4, -0.2) is 73.2 Å². The van der Waals surface area contributed by atoms with Crippen LogP contribution in [0.4, 0.5) is 5.69 Å². The number of nitrogens with zero attached hydrogens (tertiary/aromatic N) is 2. The van der Waals surface area contributed by atoms with Gasteiger partial charge in [-0.25, -0.2) is 0 Å². The lowest BCUT2D eigenvalue weighted by Crippen LogP contribution is -2.64. The van der Waals surface area contributed by atoms with E-state index in [0.717, 1.165) is 50.5 Å². The molecular weight excluding hydrogens is 410 g/mol. The first kappa shape index (κ1) is 23.1. The number of para-hydroxylation sites is 1. The Morgan fingerprint density at radius 1 is 1.15 bits per heavy atom. The number of hydrogen-bond acceptors (Lipinski definition) is 5. The molecule has 4 aliphatic rings. The highest BCUT2D eigenvalue weighted by atomic mass is 16.2. The van der Waals surface area contributed by atoms with E-state index in [2.05, 4.69) is 65.0 Å². The molecule has 0 spiro atoms. The standard InChI is InChI=1S/C27H43N5O/c1-19-9-8-10-20-15-24(29-25(19)20)26(33)28-22-13-14-27(21-11-6-4-5-7-12-21)30-23(16-31(2)3)18-32(27)17-22/h8-10,21-24,29-30H,4-7,11-18H2,1-3H3,(H,28,33). The summed E-state index contributed by atoms with van der Waals surface area (Å²) in [5, 5.41) is 11.1. The fraction of sp³-hybridized carbons (Fsp3) is 0.741. The van der Waals surface area contributed by atoms with Crippen LogP contribution in [0.3, 0.4) is 0 Å². The lowest BCUT2D eigenvalue weighted by molar-refractivity contribution is -0.123. The Balaban J connectivity index is 1.25. The lowest BCUT2D eigenvalue weighted by Gasteiger charge is -2.50. The minimum Gasteiger partial charge on any atom is -0.373 e. The SMILES string of the molecule is Cc1cccc2c1NC(C(=O)NC1CCC3(C4CCCCCC4)NC(CN(C)C)CN3C1)C2. The molecule has 182 valence electrons. The third-order valence-electron chi connectivity index (χ3n) is 8.65. The molecule has 1 aromatic rings. The van der Waals surface area contributed by atoms with E-state index in [1.807, 2.05) is 0 Å². The number of likely N-dealkylation sites (N-methyl/N-ethyl adjacent to an activating group) is 1. The van der Waals surface area contributed by atoms with E-state index in [1.54, 1.807) is 0 Å². The number of piperidine rings is 1. The van der Waals surface area contributed by atoms with Crippen LogP contribution in [-0.2, 0) is 11.2 Å². The van der Waals surface area contributed by atoms with Crippen molar-refractivity contribution in [1.82, 2.24) is 20.4 Å². The van der Waals surface area contributed by atoms with Crippen LogP contribution in [0.5, 0.6) is 0 Å². The highest BCUT2D eigenvalue weighted by Gasteiger charge is 2.52. The summed E-state index contributed by atoms with van der Waals surface area (Å²) >= 11 is 0. The average molecular weight is 454 g/mol. The van der Waals surface area contributed by atoms with Crippen molar-refractivity contribution in [2.45, 2.75) is 88.5 Å². The van der Waals surface area contributed by atoms with Crippen molar-refractivity contribution in [3.8, 4) is 0 Å². The van der Waals surface area contributed by atoms with Crippen molar-refractivity contribution < 1.29 is 4.79 Å². The maximum Gasteiger partial charge on any atom is 0.243 e. The van der Waals surface area contributed by atoms with Crippen molar-refractivity contribution in [2.24, 2.45) is 5.92 Å². The van der Waals surface area contributed by atoms with Gasteiger partial charge in [-0.15, -0.1) is 0 Å². The van der Waals surface area contributed by atoms with Gasteiger partial charge in [-0.05, 0) is 63.7 Å². The predicted octanol–water partition coefficient (Wildman–Crippen LogP) is 3.11. The van der Waals surface area contributed by atoms with E-state index in [9.17, 15) is 4.79 Å². The number of rotatable bonds is 5. The Labute approximate surface area is 199 Å². The molecule has 3 aliphatic heterocycles. The molecule has 6 heteroatoms. The van der Waals surface area contributed by atoms with Crippen molar-refractivity contribution in [1.29, 1.82) is 0 Å². The smallest absolute Gasteiger partial charge is 0.243 e. The van der Waals surface area contributed by atoms with Gasteiger partial charge in [0.2, 0.25) is 5.91 Å². The van der Waals surface area contributed by atoms with Gasteiger partial charge in [-0.3, -0.25) is 15.0 Å². The Hall–Kier alpha value is -1.63. The zero-order valence-corrected chi connectivity index (χ0v) is 20.8. The average Bonchev–Trinajstić information content (AvgIpc) is 3.25. The summed E-state index contributed by atoms with van der Waals surface area (Å²) in [4.78, 5) is 18.2. The number of hydrogen-bond donors (Lipinski definition) is 3. The molecule has 4 atom stereocenters. The van der Waals surface area contributed by atoms with Crippen LogP contribution in [0, 0.1) is 12.8 Å². The minimum atomic E-state index is -0.146. The fourth-order valence-electron chi connectivity index (χ4n) is 7.15. The first-order chi connectivity index (χ1) is 15.9. The maximum atomic E-state index is 13.2. The molecule has 1 amide bonds. The van der Waals surface area contributed by atoms with Gasteiger partial charge >= 0.3 is 0 Å². The topological polar surface area (TPSA) is 59.6 Å². The van der Waals surface area contributed by atoms with E-state index in [1.165, 1.54) is 49.7 Å². The molecule has 3 N–H and O–H groups in total. The second-order valence-corrected chi connectivity index (χ2v) is 11.4. The second kappa shape index (κ2) is 9.55. The largest absolute Gasteiger partial charge is 0.373 e. The molecule has 4 unspecified atom stereocenters. The first-order valence-corrected chi connectivity index (χ1v) is 13.3. The third-order valence-corrected chi connectivity index (χ3v) is 8.65. The number of amides is 1. The summed E-state index contributed by atoms with van der Waals surface area (Å²) in [6.45, 7) is 5.25. The van der Waals surface area contributed by atoms with Gasteiger partial charge in [-0.1, -0.05) is 43.9 Å². The number of carbonyl (C=O) groups excluding carboxylic acids is 1. The van der Waals surface area contributed by atoms with Gasteiger partial charge in [0.1, 0.15) is 6.04 Å². The lowest BCUT2D eigenvalue weighted by atomic mass is 9.79. The Bertz CT molecular complexity index is 849. The summed E-state index contributed by atoms with van der Waals surface area (Å²) in [7, 11) is 4.35. The number of fused-ring (bicyclic) bond motifs is 2. The molecule has 33 heavy (non-hydrogen) atoms. The summed E-state index contributed by atoms with van der Waals surface area (Å²) in [5.74, 6) is 0.896. The molecule has 0 radical (unpaired) electrons. The van der Waals surface area contributed by atoms with Crippen LogP contribution in [0.25, 0.3) is 0 Å². The van der Waals surface area contributed by atoms with E-state index in [-0.39, 0.29) is 23.7 Å². The number of anilines is 1. The third kappa shape index (κ3) is 4.67. The maximum absolute atomic E-state index is 13.2. The van der Waals surface area contributed by atoms with Crippen molar-refractivity contribution in [3.05, 3.63) is 29.3 Å². The number of benzene rings is 1. The highest BCUT2D eigenvalue weighted by molar-refractivity contribution is 5.88. The molecule has 0 aromatic heterocycles. The molecule has 5 rings (SSSR count). The molecule has 2 saturated heterocycles. The van der Waals surface area contributed by atoms with Gasteiger partial charge in [0, 0.05) is 43.8 Å². The minimum absolute atomic E-state index is 0.130. The molecule has 3 fully saturated rings. The van der Waals surface area contributed by atoms with E-state index >= 15 is 0 Å². The van der Waals surface area contributed by atoms with Crippen molar-refractivity contribution in [2.75, 3.05) is 39.0 Å². The van der Waals surface area contributed by atoms with Gasteiger partial charge in [0.15, 0.2) is 0 Å². The van der Waals surface area contributed by atoms with E-state index < -0.39 is 0 Å². The first-order valence-electron chi connectivity index (χ1n) is 13.3. The Morgan fingerprint density at radius 3 is 2.67 bits per heavy atom. The molecule has 0 bridgehead atoms. The molecule has 3 heterocycles. The molecule has 6 nitrogen and oxygen atoms in total.